The van der Waals surface area contributed by atoms with Crippen LogP contribution in [-0.4, -0.2) is 41.7 Å². The number of hydrogen-bond acceptors (Lipinski definition) is 5. The lowest BCUT2D eigenvalue weighted by Crippen LogP contribution is -2.42. The molecule has 130 valence electrons. The summed E-state index contributed by atoms with van der Waals surface area (Å²) in [5, 5.41) is 39.3. The van der Waals surface area contributed by atoms with Gasteiger partial charge in [0.2, 0.25) is 0 Å². The number of phenols is 1. The van der Waals surface area contributed by atoms with Gasteiger partial charge in [-0.05, 0) is 30.2 Å². The molecule has 1 aromatic carbocycles. The van der Waals surface area contributed by atoms with Crippen molar-refractivity contribution in [2.75, 3.05) is 0 Å². The first-order valence-electron chi connectivity index (χ1n) is 7.04. The number of aryl methyl sites for hydroxylation is 1. The minimum atomic E-state index is -4.80. The van der Waals surface area contributed by atoms with Crippen LogP contribution < -0.4 is 0 Å². The van der Waals surface area contributed by atoms with Crippen molar-refractivity contribution in [3.05, 3.63) is 53.8 Å². The summed E-state index contributed by atoms with van der Waals surface area (Å²) in [5.74, 6) is -3.75. The van der Waals surface area contributed by atoms with Gasteiger partial charge in [-0.1, -0.05) is 18.2 Å². The minimum Gasteiger partial charge on any atom is -0.508 e. The van der Waals surface area contributed by atoms with E-state index in [0.29, 0.717) is 0 Å². The third kappa shape index (κ3) is 5.02. The smallest absolute Gasteiger partial charge is 0.448 e. The normalized spacial score (nSPS) is 20.2. The summed E-state index contributed by atoms with van der Waals surface area (Å²) in [7, 11) is -4.80. The van der Waals surface area contributed by atoms with Crippen LogP contribution in [0.5, 0.6) is 5.75 Å². The molecular formula is C15H18NO7P. The monoisotopic (exact) mass is 355 g/mol. The highest BCUT2D eigenvalue weighted by Crippen LogP contribution is 2.39. The molecule has 1 unspecified atom stereocenters. The fourth-order valence-electron chi connectivity index (χ4n) is 2.36. The standard InChI is InChI=1S/C15H18NO7P/c17-11-3-1-10(2-4-11)7-8-15(19,20)13-6-5-12(18)9-14(13)16-24(21,22)23/h1-6,9,13,17-20H,7-8H2,(H2,21,22,23). The molecule has 0 amide bonds. The van der Waals surface area contributed by atoms with Gasteiger partial charge >= 0.3 is 7.75 Å². The second-order valence-corrected chi connectivity index (χ2v) is 6.72. The molecule has 0 spiro atoms. The zero-order valence-corrected chi connectivity index (χ0v) is 13.4. The Morgan fingerprint density at radius 1 is 1.12 bits per heavy atom. The number of phenolic OH excluding ortho intramolecular Hbond substituents is 1. The molecular weight excluding hydrogens is 337 g/mol. The quantitative estimate of drug-likeness (QED) is 0.343. The van der Waals surface area contributed by atoms with Gasteiger partial charge in [-0.2, -0.15) is 4.76 Å². The molecule has 2 rings (SSSR count). The number of hydrogen-bond donors (Lipinski definition) is 6. The van der Waals surface area contributed by atoms with Crippen LogP contribution in [0.4, 0.5) is 0 Å². The van der Waals surface area contributed by atoms with Gasteiger partial charge in [-0.25, -0.2) is 4.57 Å². The number of benzene rings is 1. The van der Waals surface area contributed by atoms with Crippen LogP contribution in [-0.2, 0) is 11.0 Å². The maximum Gasteiger partial charge on any atom is 0.448 e. The maximum absolute atomic E-state index is 11.1. The van der Waals surface area contributed by atoms with E-state index in [1.165, 1.54) is 24.3 Å². The van der Waals surface area contributed by atoms with E-state index in [0.717, 1.165) is 11.6 Å². The Balaban J connectivity index is 2.19. The summed E-state index contributed by atoms with van der Waals surface area (Å²) >= 11 is 0. The van der Waals surface area contributed by atoms with E-state index >= 15 is 0 Å². The number of aromatic hydroxyl groups is 1. The predicted molar refractivity (Wildman–Crippen MR) is 86.4 cm³/mol. The lowest BCUT2D eigenvalue weighted by Gasteiger charge is -2.31. The van der Waals surface area contributed by atoms with E-state index in [1.54, 1.807) is 12.1 Å². The van der Waals surface area contributed by atoms with Gasteiger partial charge in [0, 0.05) is 12.5 Å². The van der Waals surface area contributed by atoms with Gasteiger partial charge in [-0.15, -0.1) is 0 Å². The number of allylic oxidation sites excluding steroid dienone is 2. The Kier molecular flexibility index (Phi) is 5.27. The molecule has 1 aliphatic rings. The second kappa shape index (κ2) is 6.88. The molecule has 9 heteroatoms. The second-order valence-electron chi connectivity index (χ2n) is 5.49. The van der Waals surface area contributed by atoms with Crippen LogP contribution in [0.3, 0.4) is 0 Å². The first-order valence-corrected chi connectivity index (χ1v) is 8.60. The van der Waals surface area contributed by atoms with Crippen molar-refractivity contribution >= 4 is 13.5 Å². The molecule has 0 aliphatic heterocycles. The molecule has 0 radical (unpaired) electrons. The Hall–Kier alpha value is -1.96. The fourth-order valence-corrected chi connectivity index (χ4v) is 2.84. The molecule has 1 atom stereocenters. The van der Waals surface area contributed by atoms with Crippen LogP contribution in [0.25, 0.3) is 0 Å². The van der Waals surface area contributed by atoms with E-state index in [9.17, 15) is 25.0 Å². The fraction of sp³-hybridized carbons (Fsp3) is 0.267. The molecule has 6 N–H and O–H groups in total. The predicted octanol–water partition coefficient (Wildman–Crippen LogP) is 1.17. The lowest BCUT2D eigenvalue weighted by molar-refractivity contribution is -0.177. The van der Waals surface area contributed by atoms with Crippen molar-refractivity contribution in [1.82, 2.24) is 0 Å². The Labute approximate surface area is 138 Å². The summed E-state index contributed by atoms with van der Waals surface area (Å²) < 4.78 is 14.3. The Bertz CT molecular complexity index is 731. The van der Waals surface area contributed by atoms with Crippen molar-refractivity contribution in [3.63, 3.8) is 0 Å². The van der Waals surface area contributed by atoms with Gasteiger partial charge in [0.05, 0.1) is 11.6 Å². The summed E-state index contributed by atoms with van der Waals surface area (Å²) in [6.45, 7) is 0. The lowest BCUT2D eigenvalue weighted by atomic mass is 9.86. The third-order valence-corrected chi connectivity index (χ3v) is 4.03. The topological polar surface area (TPSA) is 151 Å². The van der Waals surface area contributed by atoms with Crippen LogP contribution in [0.2, 0.25) is 0 Å². The molecule has 0 fully saturated rings. The number of aliphatic hydroxyl groups is 3. The molecule has 0 aromatic heterocycles. The van der Waals surface area contributed by atoms with Gasteiger partial charge in [0.1, 0.15) is 11.5 Å². The van der Waals surface area contributed by atoms with Crippen molar-refractivity contribution in [2.45, 2.75) is 18.6 Å². The molecule has 1 aliphatic carbocycles. The van der Waals surface area contributed by atoms with Crippen molar-refractivity contribution in [3.8, 4) is 5.75 Å². The molecule has 8 nitrogen and oxygen atoms in total. The number of aliphatic hydroxyl groups excluding tert-OH is 1. The highest BCUT2D eigenvalue weighted by Gasteiger charge is 2.37. The van der Waals surface area contributed by atoms with Crippen LogP contribution in [0, 0.1) is 5.92 Å². The Morgan fingerprint density at radius 3 is 2.33 bits per heavy atom. The summed E-state index contributed by atoms with van der Waals surface area (Å²) in [6, 6.07) is 6.18. The maximum atomic E-state index is 11.1. The highest BCUT2D eigenvalue weighted by molar-refractivity contribution is 7.50. The van der Waals surface area contributed by atoms with E-state index in [2.05, 4.69) is 4.76 Å². The Morgan fingerprint density at radius 2 is 1.75 bits per heavy atom. The van der Waals surface area contributed by atoms with Crippen molar-refractivity contribution < 1.29 is 34.8 Å². The molecule has 0 saturated carbocycles. The SMILES string of the molecule is O=P(O)(O)N=C1C=C(O)C=CC1C(O)(O)CCc1ccc(O)cc1. The van der Waals surface area contributed by atoms with Gasteiger partial charge in [0.15, 0.2) is 5.79 Å². The minimum absolute atomic E-state index is 0.0879. The van der Waals surface area contributed by atoms with E-state index in [4.69, 9.17) is 9.79 Å². The van der Waals surface area contributed by atoms with Gasteiger partial charge in [-0.3, -0.25) is 0 Å². The van der Waals surface area contributed by atoms with E-state index in [-0.39, 0.29) is 30.1 Å². The van der Waals surface area contributed by atoms with E-state index < -0.39 is 19.5 Å². The summed E-state index contributed by atoms with van der Waals surface area (Å²) in [6.07, 6.45) is 3.50. The molecule has 24 heavy (non-hydrogen) atoms. The number of rotatable bonds is 5. The van der Waals surface area contributed by atoms with Crippen LogP contribution in [0.1, 0.15) is 12.0 Å². The molecule has 0 bridgehead atoms. The molecule has 1 aromatic rings. The summed E-state index contributed by atoms with van der Waals surface area (Å²) in [4.78, 5) is 18.0. The molecule has 0 heterocycles. The largest absolute Gasteiger partial charge is 0.508 e. The zero-order valence-electron chi connectivity index (χ0n) is 12.5. The third-order valence-electron chi connectivity index (χ3n) is 3.54. The first-order chi connectivity index (χ1) is 11.1. The zero-order chi connectivity index (χ0) is 18.0. The van der Waals surface area contributed by atoms with Crippen LogP contribution >= 0.6 is 7.75 Å². The number of nitrogens with zero attached hydrogens (tertiary/aromatic N) is 1. The average molecular weight is 355 g/mol. The van der Waals surface area contributed by atoms with E-state index in [1.807, 2.05) is 0 Å². The van der Waals surface area contributed by atoms with Crippen molar-refractivity contribution in [1.29, 1.82) is 0 Å². The van der Waals surface area contributed by atoms with Gasteiger partial charge < -0.3 is 30.2 Å². The first kappa shape index (κ1) is 18.4. The summed E-state index contributed by atoms with van der Waals surface area (Å²) in [5.41, 5.74) is 0.422. The van der Waals surface area contributed by atoms with Crippen LogP contribution in [0.15, 0.2) is 53.0 Å². The van der Waals surface area contributed by atoms with Gasteiger partial charge in [0.25, 0.3) is 0 Å². The van der Waals surface area contributed by atoms with Crippen molar-refractivity contribution in [2.24, 2.45) is 10.7 Å². The highest BCUT2D eigenvalue weighted by atomic mass is 31.2. The molecule has 0 saturated heterocycles. The average Bonchev–Trinajstić information content (AvgIpc) is 2.45.